The fourth-order valence-corrected chi connectivity index (χ4v) is 4.06. The average Bonchev–Trinajstić information content (AvgIpc) is 3.03. The zero-order valence-electron chi connectivity index (χ0n) is 13.3. The Labute approximate surface area is 144 Å². The molecule has 0 N–H and O–H groups in total. The van der Waals surface area contributed by atoms with Gasteiger partial charge >= 0.3 is 5.97 Å². The van der Waals surface area contributed by atoms with Gasteiger partial charge in [-0.05, 0) is 47.9 Å². The molecule has 0 spiro atoms. The number of halogens is 1. The molecule has 25 heavy (non-hydrogen) atoms. The number of sulfonamides is 1. The molecule has 0 saturated carbocycles. The average molecular weight is 362 g/mol. The van der Waals surface area contributed by atoms with Crippen molar-refractivity contribution < 1.29 is 22.3 Å². The van der Waals surface area contributed by atoms with E-state index < -0.39 is 21.8 Å². The minimum absolute atomic E-state index is 0.114. The van der Waals surface area contributed by atoms with Gasteiger partial charge in [-0.15, -0.1) is 0 Å². The Hall–Kier alpha value is -2.74. The quantitative estimate of drug-likeness (QED) is 0.615. The molecule has 1 aliphatic heterocycles. The van der Waals surface area contributed by atoms with Crippen molar-refractivity contribution in [1.29, 1.82) is 0 Å². The number of carbonyl (C=O) groups is 1. The number of pyridine rings is 1. The Bertz CT molecular complexity index is 957. The van der Waals surface area contributed by atoms with Crippen molar-refractivity contribution in [2.45, 2.75) is 11.3 Å². The zero-order chi connectivity index (χ0) is 18.0. The summed E-state index contributed by atoms with van der Waals surface area (Å²) in [5.41, 5.74) is 1.40. The van der Waals surface area contributed by atoms with E-state index in [0.717, 1.165) is 11.6 Å². The predicted molar refractivity (Wildman–Crippen MR) is 89.9 cm³/mol. The number of aromatic nitrogens is 1. The van der Waals surface area contributed by atoms with Gasteiger partial charge in [-0.2, -0.15) is 0 Å². The van der Waals surface area contributed by atoms with E-state index in [1.54, 1.807) is 12.1 Å². The summed E-state index contributed by atoms with van der Waals surface area (Å²) >= 11 is 0. The van der Waals surface area contributed by atoms with Crippen LogP contribution in [0, 0.1) is 5.82 Å². The molecular weight excluding hydrogens is 347 g/mol. The number of benzene rings is 1. The third kappa shape index (κ3) is 3.39. The maximum absolute atomic E-state index is 13.4. The first-order valence-electron chi connectivity index (χ1n) is 7.45. The molecule has 2 heterocycles. The summed E-state index contributed by atoms with van der Waals surface area (Å²) in [6.45, 7) is 0.228. The SMILES string of the molecule is COC(=O)/C=C/c1cnc2c(c1)CCN2S(=O)(=O)c1cccc(F)c1. The number of hydrogen-bond donors (Lipinski definition) is 0. The monoisotopic (exact) mass is 362 g/mol. The van der Waals surface area contributed by atoms with Crippen molar-refractivity contribution in [1.82, 2.24) is 4.98 Å². The van der Waals surface area contributed by atoms with E-state index in [4.69, 9.17) is 0 Å². The fraction of sp³-hybridized carbons (Fsp3) is 0.176. The van der Waals surface area contributed by atoms with Crippen molar-refractivity contribution in [2.24, 2.45) is 0 Å². The minimum atomic E-state index is -3.88. The Kier molecular flexibility index (Phi) is 4.54. The molecule has 0 unspecified atom stereocenters. The van der Waals surface area contributed by atoms with Crippen LogP contribution in [0.25, 0.3) is 6.08 Å². The number of rotatable bonds is 4. The summed E-state index contributed by atoms with van der Waals surface area (Å²) in [4.78, 5) is 15.2. The van der Waals surface area contributed by atoms with Crippen LogP contribution in [0.3, 0.4) is 0 Å². The van der Waals surface area contributed by atoms with Crippen molar-refractivity contribution in [3.05, 3.63) is 59.5 Å². The van der Waals surface area contributed by atoms with Gasteiger partial charge in [0.05, 0.1) is 12.0 Å². The van der Waals surface area contributed by atoms with E-state index in [1.165, 1.54) is 41.9 Å². The number of methoxy groups -OCH3 is 1. The topological polar surface area (TPSA) is 76.6 Å². The normalized spacial score (nSPS) is 13.9. The van der Waals surface area contributed by atoms with Crippen molar-refractivity contribution >= 4 is 27.9 Å². The molecule has 0 atom stereocenters. The first-order chi connectivity index (χ1) is 11.9. The number of nitrogens with zero attached hydrogens (tertiary/aromatic N) is 2. The molecule has 0 aliphatic carbocycles. The maximum Gasteiger partial charge on any atom is 0.330 e. The third-order valence-corrected chi connectivity index (χ3v) is 5.57. The van der Waals surface area contributed by atoms with Crippen LogP contribution in [0.2, 0.25) is 0 Å². The highest BCUT2D eigenvalue weighted by Crippen LogP contribution is 2.31. The Morgan fingerprint density at radius 1 is 1.36 bits per heavy atom. The number of fused-ring (bicyclic) bond motifs is 1. The summed E-state index contributed by atoms with van der Waals surface area (Å²) in [6.07, 6.45) is 4.76. The summed E-state index contributed by atoms with van der Waals surface area (Å²) in [7, 11) is -2.60. The second-order valence-corrected chi connectivity index (χ2v) is 7.25. The van der Waals surface area contributed by atoms with Crippen molar-refractivity contribution in [3.8, 4) is 0 Å². The summed E-state index contributed by atoms with van der Waals surface area (Å²) in [5, 5.41) is 0. The van der Waals surface area contributed by atoms with Crippen LogP contribution in [-0.4, -0.2) is 33.0 Å². The molecule has 2 aromatic rings. The number of carbonyl (C=O) groups excluding carboxylic acids is 1. The first kappa shape index (κ1) is 17.1. The predicted octanol–water partition coefficient (Wildman–Crippen LogP) is 2.16. The number of anilines is 1. The highest BCUT2D eigenvalue weighted by Gasteiger charge is 2.32. The van der Waals surface area contributed by atoms with Gasteiger partial charge in [-0.3, -0.25) is 0 Å². The lowest BCUT2D eigenvalue weighted by atomic mass is 10.1. The van der Waals surface area contributed by atoms with E-state index in [1.807, 2.05) is 0 Å². The molecule has 3 rings (SSSR count). The molecular formula is C17H15FN2O4S. The lowest BCUT2D eigenvalue weighted by Crippen LogP contribution is -2.29. The van der Waals surface area contributed by atoms with Gasteiger partial charge < -0.3 is 4.74 Å². The van der Waals surface area contributed by atoms with Crippen LogP contribution in [0.15, 0.2) is 47.5 Å². The molecule has 0 bridgehead atoms. The Balaban J connectivity index is 1.92. The van der Waals surface area contributed by atoms with Gasteiger partial charge in [0, 0.05) is 18.8 Å². The van der Waals surface area contributed by atoms with Crippen molar-refractivity contribution in [3.63, 3.8) is 0 Å². The van der Waals surface area contributed by atoms with Gasteiger partial charge in [0.15, 0.2) is 0 Å². The van der Waals surface area contributed by atoms with Gasteiger partial charge in [-0.25, -0.2) is 26.9 Å². The number of esters is 1. The minimum Gasteiger partial charge on any atom is -0.466 e. The molecule has 8 heteroatoms. The van der Waals surface area contributed by atoms with Gasteiger partial charge in [0.2, 0.25) is 0 Å². The molecule has 1 aromatic carbocycles. The molecule has 0 fully saturated rings. The maximum atomic E-state index is 13.4. The Morgan fingerprint density at radius 3 is 2.88 bits per heavy atom. The largest absolute Gasteiger partial charge is 0.466 e. The molecule has 1 aromatic heterocycles. The second-order valence-electron chi connectivity index (χ2n) is 5.39. The Morgan fingerprint density at radius 2 is 2.16 bits per heavy atom. The third-order valence-electron chi connectivity index (χ3n) is 3.78. The zero-order valence-corrected chi connectivity index (χ0v) is 14.2. The molecule has 130 valence electrons. The van der Waals surface area contributed by atoms with Gasteiger partial charge in [0.1, 0.15) is 11.6 Å². The lowest BCUT2D eigenvalue weighted by Gasteiger charge is -2.18. The van der Waals surface area contributed by atoms with Crippen LogP contribution < -0.4 is 4.31 Å². The number of ether oxygens (including phenoxy) is 1. The van der Waals surface area contributed by atoms with E-state index in [2.05, 4.69) is 9.72 Å². The summed E-state index contributed by atoms with van der Waals surface area (Å²) < 4.78 is 44.5. The summed E-state index contributed by atoms with van der Waals surface area (Å²) in [6, 6.07) is 6.65. The first-order valence-corrected chi connectivity index (χ1v) is 8.89. The van der Waals surface area contributed by atoms with E-state index in [9.17, 15) is 17.6 Å². The van der Waals surface area contributed by atoms with Crippen LogP contribution in [0.4, 0.5) is 10.2 Å². The van der Waals surface area contributed by atoms with E-state index in [-0.39, 0.29) is 11.4 Å². The smallest absolute Gasteiger partial charge is 0.330 e. The molecule has 1 aliphatic rings. The highest BCUT2D eigenvalue weighted by molar-refractivity contribution is 7.92. The fourth-order valence-electron chi connectivity index (χ4n) is 2.57. The second kappa shape index (κ2) is 6.64. The molecule has 0 radical (unpaired) electrons. The molecule has 0 amide bonds. The van der Waals surface area contributed by atoms with Crippen molar-refractivity contribution in [2.75, 3.05) is 18.0 Å². The highest BCUT2D eigenvalue weighted by atomic mass is 32.2. The standard InChI is InChI=1S/C17H15FN2O4S/c1-24-16(21)6-5-12-9-13-7-8-20(17(13)19-11-12)25(22,23)15-4-2-3-14(18)10-15/h2-6,9-11H,7-8H2,1H3/b6-5+. The lowest BCUT2D eigenvalue weighted by molar-refractivity contribution is -0.134. The van der Waals surface area contributed by atoms with Crippen LogP contribution in [0.5, 0.6) is 0 Å². The summed E-state index contributed by atoms with van der Waals surface area (Å²) in [5.74, 6) is -0.785. The van der Waals surface area contributed by atoms with Crippen LogP contribution in [0.1, 0.15) is 11.1 Å². The van der Waals surface area contributed by atoms with E-state index >= 15 is 0 Å². The van der Waals surface area contributed by atoms with Crippen LogP contribution in [-0.2, 0) is 26.0 Å². The van der Waals surface area contributed by atoms with E-state index in [0.29, 0.717) is 17.8 Å². The molecule has 0 saturated heterocycles. The van der Waals surface area contributed by atoms with Gasteiger partial charge in [0.25, 0.3) is 10.0 Å². The van der Waals surface area contributed by atoms with Crippen LogP contribution >= 0.6 is 0 Å². The number of hydrogen-bond acceptors (Lipinski definition) is 5. The van der Waals surface area contributed by atoms with Gasteiger partial charge in [-0.1, -0.05) is 6.07 Å². The molecule has 6 nitrogen and oxygen atoms in total.